The van der Waals surface area contributed by atoms with E-state index in [1.165, 1.54) is 0 Å². The van der Waals surface area contributed by atoms with E-state index in [2.05, 4.69) is 13.5 Å². The summed E-state index contributed by atoms with van der Waals surface area (Å²) in [6.07, 6.45) is 1.35. The van der Waals surface area contributed by atoms with E-state index in [-0.39, 0.29) is 6.09 Å². The molecular weight excluding hydrogens is 142 g/mol. The van der Waals surface area contributed by atoms with Crippen LogP contribution in [0.1, 0.15) is 6.92 Å². The topological polar surface area (TPSA) is 29.5 Å². The Balaban J connectivity index is 2.16. The molecule has 1 heterocycles. The highest BCUT2D eigenvalue weighted by Crippen LogP contribution is 2.14. The van der Waals surface area contributed by atoms with Crippen LogP contribution < -0.4 is 0 Å². The smallest absolute Gasteiger partial charge is 0.410 e. The first-order valence-electron chi connectivity index (χ1n) is 3.76. The number of ether oxygens (including phenoxy) is 1. The molecule has 62 valence electrons. The van der Waals surface area contributed by atoms with E-state index in [0.29, 0.717) is 12.5 Å². The largest absolute Gasteiger partial charge is 0.445 e. The molecule has 3 heteroatoms. The second-order valence-electron chi connectivity index (χ2n) is 2.88. The summed E-state index contributed by atoms with van der Waals surface area (Å²) in [5.41, 5.74) is 0. The maximum Gasteiger partial charge on any atom is 0.410 e. The van der Waals surface area contributed by atoms with Crippen molar-refractivity contribution in [2.45, 2.75) is 6.92 Å². The molecule has 1 rings (SSSR count). The summed E-state index contributed by atoms with van der Waals surface area (Å²) in [7, 11) is 0. The summed E-state index contributed by atoms with van der Waals surface area (Å²) in [5.74, 6) is 0.631. The molecule has 1 amide bonds. The molecule has 0 aromatic carbocycles. The summed E-state index contributed by atoms with van der Waals surface area (Å²) in [6, 6.07) is 0. The lowest BCUT2D eigenvalue weighted by atomic mass is 10.0. The third kappa shape index (κ3) is 1.97. The Morgan fingerprint density at radius 1 is 1.82 bits per heavy atom. The van der Waals surface area contributed by atoms with Crippen molar-refractivity contribution in [3.8, 4) is 0 Å². The van der Waals surface area contributed by atoms with Crippen LogP contribution >= 0.6 is 0 Å². The molecule has 3 nitrogen and oxygen atoms in total. The third-order valence-electron chi connectivity index (χ3n) is 1.65. The number of hydrogen-bond donors (Lipinski definition) is 0. The minimum absolute atomic E-state index is 0.219. The molecular formula is C8H13NO2. The van der Waals surface area contributed by atoms with E-state index in [4.69, 9.17) is 4.74 Å². The standard InChI is InChI=1S/C8H13NO2/c1-3-4-11-8(10)9-5-7(2)6-9/h3,7H,1,4-6H2,2H3. The molecule has 0 saturated carbocycles. The predicted molar refractivity (Wildman–Crippen MR) is 42.3 cm³/mol. The van der Waals surface area contributed by atoms with Crippen molar-refractivity contribution in [3.05, 3.63) is 12.7 Å². The maximum absolute atomic E-state index is 11.0. The van der Waals surface area contributed by atoms with Crippen molar-refractivity contribution in [3.63, 3.8) is 0 Å². The van der Waals surface area contributed by atoms with Gasteiger partial charge in [0.05, 0.1) is 0 Å². The fourth-order valence-corrected chi connectivity index (χ4v) is 1.07. The van der Waals surface area contributed by atoms with Crippen molar-refractivity contribution in [1.82, 2.24) is 4.90 Å². The molecule has 0 aromatic heterocycles. The minimum Gasteiger partial charge on any atom is -0.445 e. The Morgan fingerprint density at radius 2 is 2.45 bits per heavy atom. The Kier molecular flexibility index (Phi) is 2.52. The van der Waals surface area contributed by atoms with Gasteiger partial charge in [-0.25, -0.2) is 4.79 Å². The van der Waals surface area contributed by atoms with E-state index in [9.17, 15) is 4.79 Å². The monoisotopic (exact) mass is 155 g/mol. The number of amides is 1. The molecule has 11 heavy (non-hydrogen) atoms. The average Bonchev–Trinajstić information content (AvgIpc) is 1.94. The van der Waals surface area contributed by atoms with Crippen LogP contribution in [0.4, 0.5) is 4.79 Å². The van der Waals surface area contributed by atoms with Crippen LogP contribution in [-0.2, 0) is 4.74 Å². The fraction of sp³-hybridized carbons (Fsp3) is 0.625. The van der Waals surface area contributed by atoms with Gasteiger partial charge in [0, 0.05) is 13.1 Å². The van der Waals surface area contributed by atoms with Gasteiger partial charge in [0.1, 0.15) is 6.61 Å². The molecule has 0 spiro atoms. The summed E-state index contributed by atoms with van der Waals surface area (Å²) >= 11 is 0. The Bertz CT molecular complexity index is 161. The van der Waals surface area contributed by atoms with Crippen molar-refractivity contribution < 1.29 is 9.53 Å². The second kappa shape index (κ2) is 3.42. The maximum atomic E-state index is 11.0. The molecule has 0 unspecified atom stereocenters. The normalized spacial score (nSPS) is 17.4. The highest BCUT2D eigenvalue weighted by molar-refractivity contribution is 5.68. The highest BCUT2D eigenvalue weighted by Gasteiger charge is 2.27. The Labute approximate surface area is 66.6 Å². The SMILES string of the molecule is C=CCOC(=O)N1CC(C)C1. The molecule has 1 fully saturated rings. The van der Waals surface area contributed by atoms with Crippen LogP contribution in [0.15, 0.2) is 12.7 Å². The first kappa shape index (κ1) is 8.11. The summed E-state index contributed by atoms with van der Waals surface area (Å²) in [4.78, 5) is 12.7. The van der Waals surface area contributed by atoms with Gasteiger partial charge in [0.25, 0.3) is 0 Å². The molecule has 0 bridgehead atoms. The summed E-state index contributed by atoms with van der Waals surface area (Å²) in [5, 5.41) is 0. The molecule has 0 aliphatic carbocycles. The lowest BCUT2D eigenvalue weighted by Gasteiger charge is -2.35. The van der Waals surface area contributed by atoms with Gasteiger partial charge in [0.15, 0.2) is 0 Å². The lowest BCUT2D eigenvalue weighted by Crippen LogP contribution is -2.48. The first-order valence-corrected chi connectivity index (χ1v) is 3.76. The van der Waals surface area contributed by atoms with Crippen molar-refractivity contribution in [1.29, 1.82) is 0 Å². The van der Waals surface area contributed by atoms with Gasteiger partial charge in [-0.15, -0.1) is 0 Å². The molecule has 1 aliphatic heterocycles. The zero-order valence-corrected chi connectivity index (χ0v) is 6.75. The quantitative estimate of drug-likeness (QED) is 0.562. The summed E-state index contributed by atoms with van der Waals surface area (Å²) < 4.78 is 4.81. The zero-order chi connectivity index (χ0) is 8.27. The Hall–Kier alpha value is -0.990. The predicted octanol–water partition coefficient (Wildman–Crippen LogP) is 1.26. The molecule has 0 radical (unpaired) electrons. The van der Waals surface area contributed by atoms with E-state index in [1.54, 1.807) is 11.0 Å². The van der Waals surface area contributed by atoms with Gasteiger partial charge >= 0.3 is 6.09 Å². The number of rotatable bonds is 2. The van der Waals surface area contributed by atoms with Crippen molar-refractivity contribution in [2.24, 2.45) is 5.92 Å². The van der Waals surface area contributed by atoms with Gasteiger partial charge in [-0.1, -0.05) is 19.6 Å². The molecule has 0 aromatic rings. The first-order chi connectivity index (χ1) is 5.24. The van der Waals surface area contributed by atoms with Crippen molar-refractivity contribution >= 4 is 6.09 Å². The molecule has 1 saturated heterocycles. The highest BCUT2D eigenvalue weighted by atomic mass is 16.6. The fourth-order valence-electron chi connectivity index (χ4n) is 1.07. The number of likely N-dealkylation sites (tertiary alicyclic amines) is 1. The zero-order valence-electron chi connectivity index (χ0n) is 6.75. The second-order valence-corrected chi connectivity index (χ2v) is 2.88. The van der Waals surface area contributed by atoms with Gasteiger partial charge in [-0.3, -0.25) is 0 Å². The average molecular weight is 155 g/mol. The Morgan fingerprint density at radius 3 is 2.91 bits per heavy atom. The van der Waals surface area contributed by atoms with Gasteiger partial charge in [-0.05, 0) is 5.92 Å². The van der Waals surface area contributed by atoms with Crippen molar-refractivity contribution in [2.75, 3.05) is 19.7 Å². The number of hydrogen-bond acceptors (Lipinski definition) is 2. The number of carbonyl (C=O) groups is 1. The van der Waals surface area contributed by atoms with E-state index in [1.807, 2.05) is 0 Å². The van der Waals surface area contributed by atoms with Crippen LogP contribution in [-0.4, -0.2) is 30.7 Å². The van der Waals surface area contributed by atoms with Crippen LogP contribution in [0.25, 0.3) is 0 Å². The number of nitrogens with zero attached hydrogens (tertiary/aromatic N) is 1. The van der Waals surface area contributed by atoms with Gasteiger partial charge < -0.3 is 9.64 Å². The van der Waals surface area contributed by atoms with Gasteiger partial charge in [-0.2, -0.15) is 0 Å². The molecule has 0 N–H and O–H groups in total. The van der Waals surface area contributed by atoms with E-state index in [0.717, 1.165) is 13.1 Å². The van der Waals surface area contributed by atoms with Crippen LogP contribution in [0.3, 0.4) is 0 Å². The van der Waals surface area contributed by atoms with Crippen LogP contribution in [0.2, 0.25) is 0 Å². The lowest BCUT2D eigenvalue weighted by molar-refractivity contribution is 0.0656. The minimum atomic E-state index is -0.219. The van der Waals surface area contributed by atoms with Crippen LogP contribution in [0, 0.1) is 5.92 Å². The third-order valence-corrected chi connectivity index (χ3v) is 1.65. The molecule has 1 aliphatic rings. The van der Waals surface area contributed by atoms with E-state index >= 15 is 0 Å². The summed E-state index contributed by atoms with van der Waals surface area (Å²) in [6.45, 7) is 7.53. The van der Waals surface area contributed by atoms with E-state index < -0.39 is 0 Å². The molecule has 0 atom stereocenters. The number of carbonyl (C=O) groups excluding carboxylic acids is 1. The van der Waals surface area contributed by atoms with Crippen LogP contribution in [0.5, 0.6) is 0 Å². The van der Waals surface area contributed by atoms with Gasteiger partial charge in [0.2, 0.25) is 0 Å².